The highest BCUT2D eigenvalue weighted by molar-refractivity contribution is 6.21. The summed E-state index contributed by atoms with van der Waals surface area (Å²) < 4.78 is 0. The Balaban J connectivity index is 4.48. The molecule has 86 valence electrons. The van der Waals surface area contributed by atoms with Crippen LogP contribution in [0.4, 0.5) is 0 Å². The molecule has 0 aliphatic heterocycles. The van der Waals surface area contributed by atoms with Crippen LogP contribution in [0.1, 0.15) is 47.0 Å². The zero-order valence-corrected chi connectivity index (χ0v) is 11.5. The second-order valence-electron chi connectivity index (χ2n) is 4.67. The molecule has 0 saturated carbocycles. The van der Waals surface area contributed by atoms with Crippen LogP contribution in [0, 0.1) is 17.3 Å². The molecule has 0 rings (SSSR count). The summed E-state index contributed by atoms with van der Waals surface area (Å²) in [5.41, 5.74) is 0.139. The number of halogens is 2. The van der Waals surface area contributed by atoms with Crippen molar-refractivity contribution in [3.63, 3.8) is 0 Å². The Hall–Kier alpha value is 0.580. The van der Waals surface area contributed by atoms with Gasteiger partial charge in [0, 0.05) is 11.8 Å². The number of hydrogen-bond acceptors (Lipinski definition) is 0. The van der Waals surface area contributed by atoms with Gasteiger partial charge in [-0.15, -0.1) is 23.2 Å². The molecule has 0 aromatic carbocycles. The molecule has 0 radical (unpaired) electrons. The van der Waals surface area contributed by atoms with E-state index >= 15 is 0 Å². The van der Waals surface area contributed by atoms with Crippen LogP contribution in [0.15, 0.2) is 0 Å². The van der Waals surface area contributed by atoms with Gasteiger partial charge in [0.2, 0.25) is 0 Å². The van der Waals surface area contributed by atoms with Crippen molar-refractivity contribution >= 4 is 23.2 Å². The molecule has 14 heavy (non-hydrogen) atoms. The van der Waals surface area contributed by atoms with E-state index in [1.165, 1.54) is 19.3 Å². The Kier molecular flexibility index (Phi) is 7.24. The SMILES string of the molecule is CCC(CC)CC(CCl)(CCl)C(C)C. The van der Waals surface area contributed by atoms with Gasteiger partial charge < -0.3 is 0 Å². The van der Waals surface area contributed by atoms with E-state index < -0.39 is 0 Å². The van der Waals surface area contributed by atoms with Crippen LogP contribution in [-0.2, 0) is 0 Å². The van der Waals surface area contributed by atoms with Gasteiger partial charge in [0.25, 0.3) is 0 Å². The second-order valence-corrected chi connectivity index (χ2v) is 5.21. The first-order valence-corrected chi connectivity index (χ1v) is 6.75. The van der Waals surface area contributed by atoms with Gasteiger partial charge in [0.15, 0.2) is 0 Å². The summed E-state index contributed by atoms with van der Waals surface area (Å²) in [6, 6.07) is 0. The third-order valence-corrected chi connectivity index (χ3v) is 4.67. The molecule has 0 spiro atoms. The van der Waals surface area contributed by atoms with Crippen molar-refractivity contribution < 1.29 is 0 Å². The summed E-state index contributed by atoms with van der Waals surface area (Å²) in [4.78, 5) is 0. The van der Waals surface area contributed by atoms with Gasteiger partial charge in [-0.25, -0.2) is 0 Å². The molecule has 0 aromatic heterocycles. The maximum Gasteiger partial charge on any atom is 0.0293 e. The van der Waals surface area contributed by atoms with E-state index in [4.69, 9.17) is 23.2 Å². The molecule has 2 heteroatoms. The Morgan fingerprint density at radius 2 is 1.43 bits per heavy atom. The van der Waals surface area contributed by atoms with Crippen molar-refractivity contribution in [2.45, 2.75) is 47.0 Å². The lowest BCUT2D eigenvalue weighted by atomic mass is 9.73. The van der Waals surface area contributed by atoms with E-state index in [1.807, 2.05) is 0 Å². The van der Waals surface area contributed by atoms with Crippen molar-refractivity contribution in [3.05, 3.63) is 0 Å². The van der Waals surface area contributed by atoms with Gasteiger partial charge in [-0.3, -0.25) is 0 Å². The number of rotatable bonds is 7. The topological polar surface area (TPSA) is 0 Å². The fourth-order valence-corrected chi connectivity index (χ4v) is 2.96. The fourth-order valence-electron chi connectivity index (χ4n) is 1.84. The highest BCUT2D eigenvalue weighted by atomic mass is 35.5. The molecule has 0 fully saturated rings. The molecular formula is C12H24Cl2. The quantitative estimate of drug-likeness (QED) is 0.552. The van der Waals surface area contributed by atoms with Crippen LogP contribution < -0.4 is 0 Å². The molecule has 0 unspecified atom stereocenters. The molecule has 0 atom stereocenters. The summed E-state index contributed by atoms with van der Waals surface area (Å²) in [6.45, 7) is 8.96. The van der Waals surface area contributed by atoms with Crippen molar-refractivity contribution in [2.24, 2.45) is 17.3 Å². The first-order valence-electron chi connectivity index (χ1n) is 5.68. The van der Waals surface area contributed by atoms with Crippen molar-refractivity contribution in [1.82, 2.24) is 0 Å². The molecule has 0 nitrogen and oxygen atoms in total. The van der Waals surface area contributed by atoms with Crippen molar-refractivity contribution in [3.8, 4) is 0 Å². The average molecular weight is 239 g/mol. The number of hydrogen-bond donors (Lipinski definition) is 0. The first-order chi connectivity index (χ1) is 6.56. The van der Waals surface area contributed by atoms with Crippen molar-refractivity contribution in [2.75, 3.05) is 11.8 Å². The zero-order valence-electron chi connectivity index (χ0n) is 9.95. The van der Waals surface area contributed by atoms with E-state index in [-0.39, 0.29) is 5.41 Å². The fraction of sp³-hybridized carbons (Fsp3) is 1.00. The first kappa shape index (κ1) is 14.6. The largest absolute Gasteiger partial charge is 0.126 e. The van der Waals surface area contributed by atoms with Crippen LogP contribution >= 0.6 is 23.2 Å². The van der Waals surface area contributed by atoms with Crippen LogP contribution in [-0.4, -0.2) is 11.8 Å². The van der Waals surface area contributed by atoms with Gasteiger partial charge in [-0.1, -0.05) is 40.5 Å². The third-order valence-electron chi connectivity index (χ3n) is 3.61. The Morgan fingerprint density at radius 3 is 1.64 bits per heavy atom. The van der Waals surface area contributed by atoms with Crippen LogP contribution in [0.5, 0.6) is 0 Å². The third kappa shape index (κ3) is 3.62. The molecular weight excluding hydrogens is 215 g/mol. The standard InChI is InChI=1S/C12H24Cl2/c1-5-11(6-2)7-12(8-13,9-14)10(3)4/h10-11H,5-9H2,1-4H3. The van der Waals surface area contributed by atoms with E-state index in [0.29, 0.717) is 17.7 Å². The lowest BCUT2D eigenvalue weighted by molar-refractivity contribution is 0.190. The smallest absolute Gasteiger partial charge is 0.0293 e. The number of alkyl halides is 2. The monoisotopic (exact) mass is 238 g/mol. The van der Waals surface area contributed by atoms with Crippen LogP contribution in [0.2, 0.25) is 0 Å². The van der Waals surface area contributed by atoms with Gasteiger partial charge in [-0.05, 0) is 23.7 Å². The molecule has 0 aromatic rings. The normalized spacial score (nSPS) is 12.9. The average Bonchev–Trinajstić information content (AvgIpc) is 2.20. The summed E-state index contributed by atoms with van der Waals surface area (Å²) >= 11 is 12.2. The van der Waals surface area contributed by atoms with E-state index in [9.17, 15) is 0 Å². The second kappa shape index (κ2) is 6.95. The van der Waals surface area contributed by atoms with Gasteiger partial charge >= 0.3 is 0 Å². The summed E-state index contributed by atoms with van der Waals surface area (Å²) in [6.07, 6.45) is 3.64. The molecule has 0 amide bonds. The minimum atomic E-state index is 0.139. The maximum atomic E-state index is 6.09. The van der Waals surface area contributed by atoms with Crippen molar-refractivity contribution in [1.29, 1.82) is 0 Å². The molecule has 0 bridgehead atoms. The Bertz CT molecular complexity index is 135. The summed E-state index contributed by atoms with van der Waals surface area (Å²) in [5.74, 6) is 2.71. The summed E-state index contributed by atoms with van der Waals surface area (Å²) in [5, 5.41) is 0. The van der Waals surface area contributed by atoms with Gasteiger partial charge in [-0.2, -0.15) is 0 Å². The van der Waals surface area contributed by atoms with E-state index in [2.05, 4.69) is 27.7 Å². The van der Waals surface area contributed by atoms with Crippen LogP contribution in [0.25, 0.3) is 0 Å². The van der Waals surface area contributed by atoms with Crippen LogP contribution in [0.3, 0.4) is 0 Å². The highest BCUT2D eigenvalue weighted by Gasteiger charge is 2.33. The summed E-state index contributed by atoms with van der Waals surface area (Å²) in [7, 11) is 0. The molecule has 0 N–H and O–H groups in total. The molecule has 0 aliphatic carbocycles. The minimum Gasteiger partial charge on any atom is -0.126 e. The predicted octanol–water partition coefficient (Wildman–Crippen LogP) is 4.93. The lowest BCUT2D eigenvalue weighted by Gasteiger charge is -2.36. The zero-order chi connectivity index (χ0) is 11.2. The lowest BCUT2D eigenvalue weighted by Crippen LogP contribution is -2.33. The Labute approximate surface area is 99.4 Å². The highest BCUT2D eigenvalue weighted by Crippen LogP contribution is 2.38. The minimum absolute atomic E-state index is 0.139. The molecule has 0 aliphatic rings. The maximum absolute atomic E-state index is 6.09. The predicted molar refractivity (Wildman–Crippen MR) is 67.4 cm³/mol. The molecule has 0 heterocycles. The van der Waals surface area contributed by atoms with Gasteiger partial charge in [0.1, 0.15) is 0 Å². The van der Waals surface area contributed by atoms with E-state index in [1.54, 1.807) is 0 Å². The molecule has 0 saturated heterocycles. The Morgan fingerprint density at radius 1 is 1.00 bits per heavy atom. The van der Waals surface area contributed by atoms with E-state index in [0.717, 1.165) is 5.92 Å². The van der Waals surface area contributed by atoms with Gasteiger partial charge in [0.05, 0.1) is 0 Å².